The highest BCUT2D eigenvalue weighted by molar-refractivity contribution is 5.95. The van der Waals surface area contributed by atoms with Gasteiger partial charge < -0.3 is 10.5 Å². The largest absolute Gasteiger partial charge is 0.496 e. The molecule has 2 unspecified atom stereocenters. The quantitative estimate of drug-likeness (QED) is 0.645. The summed E-state index contributed by atoms with van der Waals surface area (Å²) >= 11 is 0. The van der Waals surface area contributed by atoms with Crippen LogP contribution in [-0.2, 0) is 6.54 Å². The molecule has 4 nitrogen and oxygen atoms in total. The molecule has 0 spiro atoms. The van der Waals surface area contributed by atoms with E-state index in [1.54, 1.807) is 7.11 Å². The maximum Gasteiger partial charge on any atom is 0.123 e. The zero-order valence-electron chi connectivity index (χ0n) is 11.9. The number of hydrogen-bond donors (Lipinski definition) is 2. The van der Waals surface area contributed by atoms with Gasteiger partial charge in [-0.1, -0.05) is 6.92 Å². The Balaban J connectivity index is 2.22. The van der Waals surface area contributed by atoms with Crippen LogP contribution in [0.25, 0.3) is 0 Å². The van der Waals surface area contributed by atoms with Crippen LogP contribution in [0.4, 0.5) is 0 Å². The molecule has 19 heavy (non-hydrogen) atoms. The maximum atomic E-state index is 7.54. The van der Waals surface area contributed by atoms with Crippen LogP contribution in [0.2, 0.25) is 0 Å². The van der Waals surface area contributed by atoms with Crippen LogP contribution in [0.1, 0.15) is 31.4 Å². The number of hydrogen-bond acceptors (Lipinski definition) is 3. The summed E-state index contributed by atoms with van der Waals surface area (Å²) in [5.41, 5.74) is 7.43. The van der Waals surface area contributed by atoms with E-state index in [-0.39, 0.29) is 5.84 Å². The average Bonchev–Trinajstić information content (AvgIpc) is 2.67. The number of nitrogens with one attached hydrogen (secondary N) is 1. The molecule has 1 aromatic carbocycles. The minimum atomic E-state index is 0.103. The molecule has 1 aliphatic rings. The van der Waals surface area contributed by atoms with E-state index in [1.165, 1.54) is 6.42 Å². The van der Waals surface area contributed by atoms with Crippen molar-refractivity contribution in [1.29, 1.82) is 5.41 Å². The molecule has 0 aliphatic carbocycles. The van der Waals surface area contributed by atoms with Crippen LogP contribution in [0.5, 0.6) is 5.75 Å². The maximum absolute atomic E-state index is 7.54. The second-order valence-corrected chi connectivity index (χ2v) is 5.56. The summed E-state index contributed by atoms with van der Waals surface area (Å²) in [6, 6.07) is 6.30. The van der Waals surface area contributed by atoms with Gasteiger partial charge in [0.15, 0.2) is 0 Å². The third kappa shape index (κ3) is 3.07. The monoisotopic (exact) mass is 261 g/mol. The Morgan fingerprint density at radius 3 is 2.74 bits per heavy atom. The molecule has 0 radical (unpaired) electrons. The van der Waals surface area contributed by atoms with Gasteiger partial charge in [0, 0.05) is 30.3 Å². The van der Waals surface area contributed by atoms with Gasteiger partial charge in [-0.2, -0.15) is 0 Å². The Labute approximate surface area is 115 Å². The SMILES string of the molecule is COc1ccc(C(=N)N)cc1CN1CC(C)CC1C. The Morgan fingerprint density at radius 1 is 1.47 bits per heavy atom. The minimum absolute atomic E-state index is 0.103. The Hall–Kier alpha value is -1.55. The lowest BCUT2D eigenvalue weighted by molar-refractivity contribution is 0.252. The predicted octanol–water partition coefficient (Wildman–Crippen LogP) is 2.21. The van der Waals surface area contributed by atoms with Gasteiger partial charge in [0.05, 0.1) is 7.11 Å². The smallest absolute Gasteiger partial charge is 0.123 e. The van der Waals surface area contributed by atoms with Gasteiger partial charge in [0.1, 0.15) is 11.6 Å². The highest BCUT2D eigenvalue weighted by Crippen LogP contribution is 2.28. The predicted molar refractivity (Wildman–Crippen MR) is 77.7 cm³/mol. The molecule has 1 fully saturated rings. The second-order valence-electron chi connectivity index (χ2n) is 5.56. The lowest BCUT2D eigenvalue weighted by Crippen LogP contribution is -2.27. The summed E-state index contributed by atoms with van der Waals surface area (Å²) in [6.45, 7) is 6.54. The lowest BCUT2D eigenvalue weighted by atomic mass is 10.1. The van der Waals surface area contributed by atoms with Crippen LogP contribution in [0, 0.1) is 11.3 Å². The Bertz CT molecular complexity index is 472. The standard InChI is InChI=1S/C15H23N3O/c1-10-6-11(2)18(8-10)9-13-7-12(15(16)17)4-5-14(13)19-3/h4-5,7,10-11H,6,8-9H2,1-3H3,(H3,16,17). The van der Waals surface area contributed by atoms with Crippen LogP contribution >= 0.6 is 0 Å². The van der Waals surface area contributed by atoms with E-state index in [0.717, 1.165) is 35.9 Å². The van der Waals surface area contributed by atoms with Crippen LogP contribution in [0.15, 0.2) is 18.2 Å². The topological polar surface area (TPSA) is 62.3 Å². The Kier molecular flexibility index (Phi) is 4.10. The fourth-order valence-electron chi connectivity index (χ4n) is 2.90. The molecule has 0 bridgehead atoms. The fraction of sp³-hybridized carbons (Fsp3) is 0.533. The van der Waals surface area contributed by atoms with Gasteiger partial charge in [-0.25, -0.2) is 0 Å². The number of methoxy groups -OCH3 is 1. The van der Waals surface area contributed by atoms with Crippen molar-refractivity contribution in [1.82, 2.24) is 4.90 Å². The zero-order valence-corrected chi connectivity index (χ0v) is 11.9. The number of nitrogens with two attached hydrogens (primary N) is 1. The van der Waals surface area contributed by atoms with E-state index in [1.807, 2.05) is 18.2 Å². The van der Waals surface area contributed by atoms with Crippen molar-refractivity contribution in [2.45, 2.75) is 32.9 Å². The lowest BCUT2D eigenvalue weighted by Gasteiger charge is -2.22. The van der Waals surface area contributed by atoms with Crippen molar-refractivity contribution < 1.29 is 4.74 Å². The van der Waals surface area contributed by atoms with Gasteiger partial charge in [0.25, 0.3) is 0 Å². The normalized spacial score (nSPS) is 23.5. The van der Waals surface area contributed by atoms with Gasteiger partial charge in [-0.3, -0.25) is 10.3 Å². The first-order valence-corrected chi connectivity index (χ1v) is 6.76. The highest BCUT2D eigenvalue weighted by atomic mass is 16.5. The fourth-order valence-corrected chi connectivity index (χ4v) is 2.90. The molecule has 3 N–H and O–H groups in total. The summed E-state index contributed by atoms with van der Waals surface area (Å²) in [5.74, 6) is 1.72. The van der Waals surface area contributed by atoms with Crippen LogP contribution < -0.4 is 10.5 Å². The molecule has 0 amide bonds. The van der Waals surface area contributed by atoms with Crippen molar-refractivity contribution in [3.05, 3.63) is 29.3 Å². The van der Waals surface area contributed by atoms with Gasteiger partial charge in [-0.05, 0) is 37.5 Å². The van der Waals surface area contributed by atoms with Crippen LogP contribution in [-0.4, -0.2) is 30.4 Å². The van der Waals surface area contributed by atoms with E-state index in [9.17, 15) is 0 Å². The van der Waals surface area contributed by atoms with Gasteiger partial charge in [-0.15, -0.1) is 0 Å². The summed E-state index contributed by atoms with van der Waals surface area (Å²) in [5, 5.41) is 7.54. The minimum Gasteiger partial charge on any atom is -0.496 e. The average molecular weight is 261 g/mol. The summed E-state index contributed by atoms with van der Waals surface area (Å²) in [6.07, 6.45) is 1.24. The molecule has 104 valence electrons. The molecule has 0 aromatic heterocycles. The molecular formula is C15H23N3O. The number of likely N-dealkylation sites (tertiary alicyclic amines) is 1. The summed E-state index contributed by atoms with van der Waals surface area (Å²) < 4.78 is 5.41. The molecule has 1 heterocycles. The molecule has 1 aliphatic heterocycles. The second kappa shape index (κ2) is 5.61. The van der Waals surface area contributed by atoms with Crippen molar-refractivity contribution in [2.24, 2.45) is 11.7 Å². The summed E-state index contributed by atoms with van der Waals surface area (Å²) in [7, 11) is 1.68. The number of rotatable bonds is 4. The number of amidine groups is 1. The van der Waals surface area contributed by atoms with Crippen molar-refractivity contribution >= 4 is 5.84 Å². The molecule has 1 saturated heterocycles. The summed E-state index contributed by atoms with van der Waals surface area (Å²) in [4.78, 5) is 2.46. The molecule has 0 saturated carbocycles. The van der Waals surface area contributed by atoms with E-state index in [2.05, 4.69) is 18.7 Å². The zero-order chi connectivity index (χ0) is 14.0. The molecule has 1 aromatic rings. The first kappa shape index (κ1) is 13.9. The van der Waals surface area contributed by atoms with E-state index in [4.69, 9.17) is 15.9 Å². The van der Waals surface area contributed by atoms with E-state index < -0.39 is 0 Å². The molecule has 4 heteroatoms. The van der Waals surface area contributed by atoms with Crippen molar-refractivity contribution in [3.63, 3.8) is 0 Å². The molecular weight excluding hydrogens is 238 g/mol. The van der Waals surface area contributed by atoms with Crippen molar-refractivity contribution in [2.75, 3.05) is 13.7 Å². The van der Waals surface area contributed by atoms with E-state index >= 15 is 0 Å². The Morgan fingerprint density at radius 2 is 2.21 bits per heavy atom. The number of nitrogens with zero attached hydrogens (tertiary/aromatic N) is 1. The highest BCUT2D eigenvalue weighted by Gasteiger charge is 2.26. The molecule has 2 rings (SSSR count). The first-order chi connectivity index (χ1) is 9.01. The van der Waals surface area contributed by atoms with Gasteiger partial charge in [0.2, 0.25) is 0 Å². The van der Waals surface area contributed by atoms with Crippen molar-refractivity contribution in [3.8, 4) is 5.75 Å². The molecule has 2 atom stereocenters. The number of nitrogen functional groups attached to an aromatic ring is 1. The van der Waals surface area contributed by atoms with Gasteiger partial charge >= 0.3 is 0 Å². The number of benzene rings is 1. The third-order valence-corrected chi connectivity index (χ3v) is 3.88. The number of ether oxygens (including phenoxy) is 1. The first-order valence-electron chi connectivity index (χ1n) is 6.76. The van der Waals surface area contributed by atoms with E-state index in [0.29, 0.717) is 6.04 Å². The van der Waals surface area contributed by atoms with Crippen LogP contribution in [0.3, 0.4) is 0 Å². The third-order valence-electron chi connectivity index (χ3n) is 3.88.